The average molecular weight is 267 g/mol. The van der Waals surface area contributed by atoms with Crippen molar-refractivity contribution < 1.29 is 13.9 Å². The van der Waals surface area contributed by atoms with Gasteiger partial charge in [-0.1, -0.05) is 0 Å². The van der Waals surface area contributed by atoms with E-state index in [-0.39, 0.29) is 12.4 Å². The summed E-state index contributed by atoms with van der Waals surface area (Å²) in [6.45, 7) is 0.215. The maximum Gasteiger partial charge on any atom is 0.226 e. The number of aliphatic hydroxyl groups excluding tert-OH is 1. The lowest BCUT2D eigenvalue weighted by Gasteiger charge is -1.96. The number of benzene rings is 1. The van der Waals surface area contributed by atoms with Crippen LogP contribution in [0.15, 0.2) is 34.9 Å². The molecule has 0 fully saturated rings. The van der Waals surface area contributed by atoms with E-state index in [9.17, 15) is 4.39 Å². The summed E-state index contributed by atoms with van der Waals surface area (Å²) in [5.41, 5.74) is 1.63. The van der Waals surface area contributed by atoms with Crippen molar-refractivity contribution in [3.63, 3.8) is 0 Å². The van der Waals surface area contributed by atoms with Gasteiger partial charge in [-0.15, -0.1) is 0 Å². The topological polar surface area (TPSA) is 46.3 Å². The summed E-state index contributed by atoms with van der Waals surface area (Å²) in [5, 5.41) is 8.66. The summed E-state index contributed by atoms with van der Waals surface area (Å²) < 4.78 is 18.1. The third-order valence-corrected chi connectivity index (χ3v) is 3.42. The molecule has 0 saturated carbocycles. The van der Waals surface area contributed by atoms with Crippen LogP contribution >= 0.6 is 11.8 Å². The predicted molar refractivity (Wildman–Crippen MR) is 69.8 cm³/mol. The lowest BCUT2D eigenvalue weighted by molar-refractivity contribution is 0.296. The normalized spacial score (nSPS) is 10.8. The summed E-state index contributed by atoms with van der Waals surface area (Å²) in [4.78, 5) is 4.34. The standard InChI is InChI=1S/C13H14FNO2S/c14-11-4-2-10(3-5-11)13-15-12(8-17-13)9-18-7-1-6-16/h2-5,8,16H,1,6-7,9H2. The monoisotopic (exact) mass is 267 g/mol. The van der Waals surface area contributed by atoms with E-state index in [1.807, 2.05) is 0 Å². The van der Waals surface area contributed by atoms with Gasteiger partial charge in [-0.3, -0.25) is 0 Å². The summed E-state index contributed by atoms with van der Waals surface area (Å²) in [7, 11) is 0. The van der Waals surface area contributed by atoms with E-state index in [2.05, 4.69) is 4.98 Å². The van der Waals surface area contributed by atoms with Crippen LogP contribution in [0.3, 0.4) is 0 Å². The quantitative estimate of drug-likeness (QED) is 0.817. The van der Waals surface area contributed by atoms with E-state index < -0.39 is 0 Å². The Morgan fingerprint density at radius 3 is 2.78 bits per heavy atom. The first-order chi connectivity index (χ1) is 8.79. The summed E-state index contributed by atoms with van der Waals surface area (Å²) in [5.74, 6) is 1.89. The van der Waals surface area contributed by atoms with E-state index in [1.54, 1.807) is 30.2 Å². The number of oxazole rings is 1. The number of thioether (sulfide) groups is 1. The van der Waals surface area contributed by atoms with Crippen LogP contribution in [0.5, 0.6) is 0 Å². The van der Waals surface area contributed by atoms with Gasteiger partial charge in [0.1, 0.15) is 12.1 Å². The van der Waals surface area contributed by atoms with Crippen LogP contribution in [0.1, 0.15) is 12.1 Å². The minimum Gasteiger partial charge on any atom is -0.444 e. The molecule has 0 atom stereocenters. The van der Waals surface area contributed by atoms with Crippen molar-refractivity contribution in [1.29, 1.82) is 0 Å². The van der Waals surface area contributed by atoms with Crippen LogP contribution in [0.4, 0.5) is 4.39 Å². The molecule has 5 heteroatoms. The molecule has 96 valence electrons. The molecule has 0 aliphatic carbocycles. The molecule has 1 heterocycles. The molecular weight excluding hydrogens is 253 g/mol. The molecule has 0 aliphatic rings. The Balaban J connectivity index is 1.95. The number of nitrogens with zero attached hydrogens (tertiary/aromatic N) is 1. The Bertz CT molecular complexity index is 484. The van der Waals surface area contributed by atoms with Gasteiger partial charge in [0.15, 0.2) is 0 Å². The fourth-order valence-corrected chi connectivity index (χ4v) is 2.26. The molecule has 1 N–H and O–H groups in total. The fourth-order valence-electron chi connectivity index (χ4n) is 1.44. The molecule has 18 heavy (non-hydrogen) atoms. The van der Waals surface area contributed by atoms with Gasteiger partial charge in [0, 0.05) is 17.9 Å². The van der Waals surface area contributed by atoms with Crippen LogP contribution in [-0.2, 0) is 5.75 Å². The van der Waals surface area contributed by atoms with Crippen molar-refractivity contribution in [3.05, 3.63) is 42.0 Å². The molecule has 1 aromatic carbocycles. The molecule has 3 nitrogen and oxygen atoms in total. The number of hydrogen-bond acceptors (Lipinski definition) is 4. The highest BCUT2D eigenvalue weighted by atomic mass is 32.2. The average Bonchev–Trinajstić information content (AvgIpc) is 2.84. The van der Waals surface area contributed by atoms with Crippen LogP contribution in [0, 0.1) is 5.82 Å². The van der Waals surface area contributed by atoms with Crippen molar-refractivity contribution in [2.45, 2.75) is 12.2 Å². The predicted octanol–water partition coefficient (Wildman–Crippen LogP) is 3.10. The van der Waals surface area contributed by atoms with Gasteiger partial charge >= 0.3 is 0 Å². The first-order valence-corrected chi connectivity index (χ1v) is 6.84. The Hall–Kier alpha value is -1.33. The Kier molecular flexibility index (Phi) is 4.78. The van der Waals surface area contributed by atoms with Crippen molar-refractivity contribution >= 4 is 11.8 Å². The Morgan fingerprint density at radius 1 is 1.28 bits per heavy atom. The summed E-state index contributed by atoms with van der Waals surface area (Å²) >= 11 is 1.70. The van der Waals surface area contributed by atoms with Crippen molar-refractivity contribution in [2.24, 2.45) is 0 Å². The second-order valence-corrected chi connectivity index (χ2v) is 4.89. The van der Waals surface area contributed by atoms with Gasteiger partial charge < -0.3 is 9.52 Å². The minimum absolute atomic E-state index is 0.215. The number of rotatable bonds is 6. The van der Waals surface area contributed by atoms with Gasteiger partial charge in [-0.25, -0.2) is 9.37 Å². The molecule has 1 aromatic heterocycles. The van der Waals surface area contributed by atoms with E-state index in [0.717, 1.165) is 29.2 Å². The second-order valence-electron chi connectivity index (χ2n) is 3.78. The van der Waals surface area contributed by atoms with Crippen LogP contribution < -0.4 is 0 Å². The van der Waals surface area contributed by atoms with Gasteiger partial charge in [-0.05, 0) is 36.4 Å². The minimum atomic E-state index is -0.273. The molecule has 2 rings (SSSR count). The first-order valence-electron chi connectivity index (χ1n) is 5.68. The third-order valence-electron chi connectivity index (χ3n) is 2.34. The number of halogens is 1. The van der Waals surface area contributed by atoms with Gasteiger partial charge in [0.2, 0.25) is 5.89 Å². The molecule has 0 radical (unpaired) electrons. The maximum absolute atomic E-state index is 12.8. The largest absolute Gasteiger partial charge is 0.444 e. The summed E-state index contributed by atoms with van der Waals surface area (Å²) in [6.07, 6.45) is 2.40. The highest BCUT2D eigenvalue weighted by Crippen LogP contribution is 2.21. The smallest absolute Gasteiger partial charge is 0.226 e. The van der Waals surface area contributed by atoms with Gasteiger partial charge in [0.05, 0.1) is 5.69 Å². The molecular formula is C13H14FNO2S. The third kappa shape index (κ3) is 3.58. The van der Waals surface area contributed by atoms with E-state index in [1.165, 1.54) is 12.1 Å². The molecule has 0 saturated heterocycles. The molecule has 0 bridgehead atoms. The summed E-state index contributed by atoms with van der Waals surface area (Å²) in [6, 6.07) is 6.05. The SMILES string of the molecule is OCCCSCc1coc(-c2ccc(F)cc2)n1. The van der Waals surface area contributed by atoms with E-state index >= 15 is 0 Å². The van der Waals surface area contributed by atoms with Crippen LogP contribution in [-0.4, -0.2) is 22.5 Å². The molecule has 2 aromatic rings. The number of aliphatic hydroxyl groups is 1. The lowest BCUT2D eigenvalue weighted by atomic mass is 10.2. The maximum atomic E-state index is 12.8. The van der Waals surface area contributed by atoms with Gasteiger partial charge in [0.25, 0.3) is 0 Å². The van der Waals surface area contributed by atoms with Crippen molar-refractivity contribution in [3.8, 4) is 11.5 Å². The highest BCUT2D eigenvalue weighted by Gasteiger charge is 2.06. The van der Waals surface area contributed by atoms with Crippen molar-refractivity contribution in [2.75, 3.05) is 12.4 Å². The zero-order valence-electron chi connectivity index (χ0n) is 9.80. The number of aromatic nitrogens is 1. The first kappa shape index (κ1) is 13.1. The van der Waals surface area contributed by atoms with Crippen LogP contribution in [0.25, 0.3) is 11.5 Å². The zero-order chi connectivity index (χ0) is 12.8. The van der Waals surface area contributed by atoms with Crippen molar-refractivity contribution in [1.82, 2.24) is 4.98 Å². The van der Waals surface area contributed by atoms with Gasteiger partial charge in [-0.2, -0.15) is 11.8 Å². The van der Waals surface area contributed by atoms with Crippen LogP contribution in [0.2, 0.25) is 0 Å². The molecule has 0 aliphatic heterocycles. The second kappa shape index (κ2) is 6.56. The molecule has 0 spiro atoms. The Morgan fingerprint density at radius 2 is 2.06 bits per heavy atom. The fraction of sp³-hybridized carbons (Fsp3) is 0.308. The van der Waals surface area contributed by atoms with E-state index in [0.29, 0.717) is 5.89 Å². The lowest BCUT2D eigenvalue weighted by Crippen LogP contribution is -1.87. The van der Waals surface area contributed by atoms with E-state index in [4.69, 9.17) is 9.52 Å². The molecule has 0 unspecified atom stereocenters. The molecule has 0 amide bonds. The Labute approximate surface area is 109 Å². The number of hydrogen-bond donors (Lipinski definition) is 1. The highest BCUT2D eigenvalue weighted by molar-refractivity contribution is 7.98. The zero-order valence-corrected chi connectivity index (χ0v) is 10.6.